The summed E-state index contributed by atoms with van der Waals surface area (Å²) in [4.78, 5) is 8.47. The second-order valence-corrected chi connectivity index (χ2v) is 6.85. The molecule has 1 aromatic heterocycles. The highest BCUT2D eigenvalue weighted by molar-refractivity contribution is 7.98. The third kappa shape index (κ3) is 4.86. The average molecular weight is 390 g/mol. The lowest BCUT2D eigenvalue weighted by molar-refractivity contribution is 0.386. The van der Waals surface area contributed by atoms with Crippen LogP contribution in [0, 0.1) is 5.82 Å². The molecule has 0 amide bonds. The van der Waals surface area contributed by atoms with E-state index < -0.39 is 0 Å². The van der Waals surface area contributed by atoms with Gasteiger partial charge in [-0.15, -0.1) is 11.8 Å². The van der Waals surface area contributed by atoms with Crippen LogP contribution >= 0.6 is 23.4 Å². The molecule has 0 bridgehead atoms. The summed E-state index contributed by atoms with van der Waals surface area (Å²) < 4.78 is 18.7. The van der Waals surface area contributed by atoms with E-state index in [0.717, 1.165) is 16.2 Å². The quantitative estimate of drug-likeness (QED) is 0.445. The van der Waals surface area contributed by atoms with Gasteiger partial charge in [-0.05, 0) is 29.3 Å². The minimum absolute atomic E-state index is 0.242. The van der Waals surface area contributed by atoms with E-state index in [4.69, 9.17) is 16.3 Å². The van der Waals surface area contributed by atoms with Gasteiger partial charge in [-0.1, -0.05) is 35.9 Å². The Labute approximate surface area is 160 Å². The topological polar surface area (TPSA) is 47.0 Å². The Kier molecular flexibility index (Phi) is 6.30. The van der Waals surface area contributed by atoms with Gasteiger partial charge in [0, 0.05) is 23.4 Å². The third-order valence-corrected chi connectivity index (χ3v) is 5.03. The molecule has 26 heavy (non-hydrogen) atoms. The van der Waals surface area contributed by atoms with Crippen LogP contribution in [0.3, 0.4) is 0 Å². The van der Waals surface area contributed by atoms with Crippen molar-refractivity contribution in [2.24, 2.45) is 0 Å². The first-order valence-corrected chi connectivity index (χ1v) is 9.26. The molecule has 1 N–H and O–H groups in total. The van der Waals surface area contributed by atoms with Gasteiger partial charge < -0.3 is 10.1 Å². The second-order valence-electron chi connectivity index (χ2n) is 5.44. The van der Waals surface area contributed by atoms with Crippen molar-refractivity contribution >= 4 is 29.2 Å². The summed E-state index contributed by atoms with van der Waals surface area (Å²) in [6, 6.07) is 14.5. The van der Waals surface area contributed by atoms with Crippen LogP contribution in [0.5, 0.6) is 5.75 Å². The first kappa shape index (κ1) is 18.5. The van der Waals surface area contributed by atoms with E-state index in [9.17, 15) is 4.39 Å². The molecule has 0 unspecified atom stereocenters. The fourth-order valence-corrected chi connectivity index (χ4v) is 3.31. The summed E-state index contributed by atoms with van der Waals surface area (Å²) in [5.41, 5.74) is 1.85. The van der Waals surface area contributed by atoms with Crippen LogP contribution < -0.4 is 10.1 Å². The van der Waals surface area contributed by atoms with Crippen molar-refractivity contribution in [3.05, 3.63) is 76.8 Å². The van der Waals surface area contributed by atoms with Gasteiger partial charge in [0.25, 0.3) is 0 Å². The number of methoxy groups -OCH3 is 1. The number of hydrogen-bond donors (Lipinski definition) is 1. The summed E-state index contributed by atoms with van der Waals surface area (Å²) >= 11 is 7.67. The van der Waals surface area contributed by atoms with E-state index >= 15 is 0 Å². The van der Waals surface area contributed by atoms with Gasteiger partial charge in [-0.25, -0.2) is 14.4 Å². The Balaban J connectivity index is 1.60. The van der Waals surface area contributed by atoms with Crippen molar-refractivity contribution in [3.63, 3.8) is 0 Å². The molecule has 134 valence electrons. The molecule has 0 aliphatic carbocycles. The summed E-state index contributed by atoms with van der Waals surface area (Å²) in [5.74, 6) is 1.19. The molecule has 0 saturated heterocycles. The molecule has 4 nitrogen and oxygen atoms in total. The normalized spacial score (nSPS) is 10.6. The first-order valence-electron chi connectivity index (χ1n) is 7.90. The van der Waals surface area contributed by atoms with E-state index in [1.165, 1.54) is 31.3 Å². The van der Waals surface area contributed by atoms with Crippen molar-refractivity contribution in [2.45, 2.75) is 17.3 Å². The van der Waals surface area contributed by atoms with Gasteiger partial charge in [0.1, 0.15) is 17.2 Å². The Morgan fingerprint density at radius 3 is 2.77 bits per heavy atom. The molecule has 0 atom stereocenters. The van der Waals surface area contributed by atoms with Crippen LogP contribution in [0.15, 0.2) is 59.9 Å². The number of halogens is 2. The van der Waals surface area contributed by atoms with Crippen LogP contribution in [-0.4, -0.2) is 17.1 Å². The van der Waals surface area contributed by atoms with Crippen LogP contribution in [0.25, 0.3) is 0 Å². The molecule has 2 aromatic carbocycles. The smallest absolute Gasteiger partial charge is 0.165 e. The van der Waals surface area contributed by atoms with Crippen molar-refractivity contribution in [1.82, 2.24) is 9.97 Å². The van der Waals surface area contributed by atoms with E-state index in [2.05, 4.69) is 15.3 Å². The maximum Gasteiger partial charge on any atom is 0.165 e. The van der Waals surface area contributed by atoms with Gasteiger partial charge in [0.05, 0.1) is 7.11 Å². The Hall–Kier alpha value is -2.31. The SMILES string of the molecule is COc1ccc(CSc2cc(NCc3ccccc3Cl)ncn2)cc1F. The zero-order valence-electron chi connectivity index (χ0n) is 14.1. The van der Waals surface area contributed by atoms with Crippen LogP contribution in [0.2, 0.25) is 5.02 Å². The molecule has 0 aliphatic rings. The molecule has 7 heteroatoms. The van der Waals surface area contributed by atoms with Gasteiger partial charge in [-0.3, -0.25) is 0 Å². The standard InChI is InChI=1S/C19H17ClFN3OS/c1-25-17-7-6-13(8-16(17)21)11-26-19-9-18(23-12-24-19)22-10-14-4-2-3-5-15(14)20/h2-9,12H,10-11H2,1H3,(H,22,23,24). The molecule has 0 fully saturated rings. The monoisotopic (exact) mass is 389 g/mol. The zero-order valence-corrected chi connectivity index (χ0v) is 15.6. The van der Waals surface area contributed by atoms with Crippen LogP contribution in [0.1, 0.15) is 11.1 Å². The van der Waals surface area contributed by atoms with Gasteiger partial charge in [0.2, 0.25) is 0 Å². The number of rotatable bonds is 7. The minimum Gasteiger partial charge on any atom is -0.494 e. The predicted octanol–water partition coefficient (Wildman–Crippen LogP) is 5.18. The van der Waals surface area contributed by atoms with Crippen molar-refractivity contribution < 1.29 is 9.13 Å². The number of hydrogen-bond acceptors (Lipinski definition) is 5. The molecule has 0 aliphatic heterocycles. The molecular weight excluding hydrogens is 373 g/mol. The largest absolute Gasteiger partial charge is 0.494 e. The molecule has 0 radical (unpaired) electrons. The minimum atomic E-state index is -0.365. The highest BCUT2D eigenvalue weighted by Gasteiger charge is 2.06. The molecule has 3 rings (SSSR count). The van der Waals surface area contributed by atoms with Crippen molar-refractivity contribution in [2.75, 3.05) is 12.4 Å². The van der Waals surface area contributed by atoms with Crippen LogP contribution in [0.4, 0.5) is 10.2 Å². The Morgan fingerprint density at radius 1 is 1.15 bits per heavy atom. The second kappa shape index (κ2) is 8.87. The highest BCUT2D eigenvalue weighted by atomic mass is 35.5. The molecule has 3 aromatic rings. The number of nitrogens with one attached hydrogen (secondary N) is 1. The Bertz CT molecular complexity index is 894. The lowest BCUT2D eigenvalue weighted by Crippen LogP contribution is -2.02. The summed E-state index contributed by atoms with van der Waals surface area (Å²) in [6.45, 7) is 0.574. The number of benzene rings is 2. The molecule has 0 saturated carbocycles. The number of anilines is 1. The molecule has 0 spiro atoms. The van der Waals surface area contributed by atoms with Crippen molar-refractivity contribution in [3.8, 4) is 5.75 Å². The summed E-state index contributed by atoms with van der Waals surface area (Å²) in [5, 5.41) is 4.76. The molecular formula is C19H17ClFN3OS. The van der Waals surface area contributed by atoms with Gasteiger partial charge >= 0.3 is 0 Å². The lowest BCUT2D eigenvalue weighted by Gasteiger charge is -2.08. The first-order chi connectivity index (χ1) is 12.7. The lowest BCUT2D eigenvalue weighted by atomic mass is 10.2. The fraction of sp³-hybridized carbons (Fsp3) is 0.158. The highest BCUT2D eigenvalue weighted by Crippen LogP contribution is 2.25. The maximum absolute atomic E-state index is 13.8. The number of thioether (sulfide) groups is 1. The zero-order chi connectivity index (χ0) is 18.4. The van der Waals surface area contributed by atoms with Gasteiger partial charge in [0.15, 0.2) is 11.6 Å². The predicted molar refractivity (Wildman–Crippen MR) is 103 cm³/mol. The number of ether oxygens (including phenoxy) is 1. The summed E-state index contributed by atoms with van der Waals surface area (Å²) in [6.07, 6.45) is 1.51. The number of aromatic nitrogens is 2. The maximum atomic E-state index is 13.8. The Morgan fingerprint density at radius 2 is 2.00 bits per heavy atom. The van der Waals surface area contributed by atoms with Crippen LogP contribution in [-0.2, 0) is 12.3 Å². The van der Waals surface area contributed by atoms with Crippen molar-refractivity contribution in [1.29, 1.82) is 0 Å². The molecule has 1 heterocycles. The van der Waals surface area contributed by atoms with E-state index in [1.54, 1.807) is 6.07 Å². The summed E-state index contributed by atoms with van der Waals surface area (Å²) in [7, 11) is 1.45. The number of nitrogens with zero attached hydrogens (tertiary/aromatic N) is 2. The van der Waals surface area contributed by atoms with Gasteiger partial charge in [-0.2, -0.15) is 0 Å². The fourth-order valence-electron chi connectivity index (χ4n) is 2.30. The average Bonchev–Trinajstić information content (AvgIpc) is 2.66. The van der Waals surface area contributed by atoms with E-state index in [-0.39, 0.29) is 11.6 Å². The van der Waals surface area contributed by atoms with E-state index in [0.29, 0.717) is 23.1 Å². The van der Waals surface area contributed by atoms with E-state index in [1.807, 2.05) is 36.4 Å². The third-order valence-electron chi connectivity index (χ3n) is 3.66.